The third-order valence-corrected chi connectivity index (χ3v) is 1.70. The van der Waals surface area contributed by atoms with E-state index < -0.39 is 5.97 Å². The average Bonchev–Trinajstić information content (AvgIpc) is 2.52. The number of aromatic nitrogens is 2. The highest BCUT2D eigenvalue weighted by Gasteiger charge is 2.00. The summed E-state index contributed by atoms with van der Waals surface area (Å²) in [5, 5.41) is 12.6. The molecule has 4 heteroatoms. The monoisotopic (exact) mass is 180 g/mol. The van der Waals surface area contributed by atoms with E-state index in [9.17, 15) is 4.79 Å². The summed E-state index contributed by atoms with van der Waals surface area (Å²) < 4.78 is 1.75. The molecular formula is C9H12N2O2. The molecule has 0 aliphatic rings. The molecule has 0 aliphatic heterocycles. The van der Waals surface area contributed by atoms with Crippen LogP contribution in [0.1, 0.15) is 19.4 Å². The molecule has 4 nitrogen and oxygen atoms in total. The molecule has 0 unspecified atom stereocenters. The zero-order chi connectivity index (χ0) is 9.84. The Morgan fingerprint density at radius 2 is 2.46 bits per heavy atom. The number of rotatable bonds is 3. The molecule has 1 rings (SSSR count). The lowest BCUT2D eigenvalue weighted by Gasteiger charge is -1.91. The van der Waals surface area contributed by atoms with Gasteiger partial charge in [0.2, 0.25) is 0 Å². The van der Waals surface area contributed by atoms with Gasteiger partial charge in [0.15, 0.2) is 0 Å². The number of carbonyl (C=O) groups is 1. The third kappa shape index (κ3) is 2.43. The highest BCUT2D eigenvalue weighted by Crippen LogP contribution is 2.05. The Morgan fingerprint density at radius 1 is 1.77 bits per heavy atom. The van der Waals surface area contributed by atoms with Gasteiger partial charge in [0.1, 0.15) is 0 Å². The first-order valence-electron chi connectivity index (χ1n) is 4.07. The number of aliphatic carboxylic acids is 1. The van der Waals surface area contributed by atoms with E-state index in [0.717, 1.165) is 12.1 Å². The maximum absolute atomic E-state index is 10.5. The van der Waals surface area contributed by atoms with Gasteiger partial charge in [-0.3, -0.25) is 4.68 Å². The molecule has 1 heterocycles. The van der Waals surface area contributed by atoms with Crippen LogP contribution < -0.4 is 0 Å². The van der Waals surface area contributed by atoms with Gasteiger partial charge in [-0.2, -0.15) is 5.10 Å². The Morgan fingerprint density at radius 3 is 2.92 bits per heavy atom. The molecule has 1 N–H and O–H groups in total. The molecule has 0 saturated carbocycles. The molecule has 0 saturated heterocycles. The fraction of sp³-hybridized carbons (Fsp3) is 0.333. The molecule has 1 aromatic heterocycles. The summed E-state index contributed by atoms with van der Waals surface area (Å²) >= 11 is 0. The van der Waals surface area contributed by atoms with E-state index >= 15 is 0 Å². The van der Waals surface area contributed by atoms with Crippen LogP contribution >= 0.6 is 0 Å². The second-order valence-corrected chi connectivity index (χ2v) is 2.76. The number of carboxylic acid groups (broad SMARTS) is 1. The van der Waals surface area contributed by atoms with Crippen molar-refractivity contribution in [3.05, 3.63) is 23.5 Å². The van der Waals surface area contributed by atoms with Crippen molar-refractivity contribution in [1.29, 1.82) is 0 Å². The quantitative estimate of drug-likeness (QED) is 0.715. The fourth-order valence-electron chi connectivity index (χ4n) is 0.939. The first-order valence-corrected chi connectivity index (χ1v) is 4.07. The lowest BCUT2D eigenvalue weighted by atomic mass is 10.2. The van der Waals surface area contributed by atoms with Crippen molar-refractivity contribution < 1.29 is 9.90 Å². The summed E-state index contributed by atoms with van der Waals surface area (Å²) in [6, 6.07) is 0. The minimum absolute atomic E-state index is 0.315. The van der Waals surface area contributed by atoms with E-state index in [1.807, 2.05) is 13.1 Å². The summed E-state index contributed by atoms with van der Waals surface area (Å²) in [6.07, 6.45) is 5.06. The molecular weight excluding hydrogens is 168 g/mol. The molecule has 13 heavy (non-hydrogen) atoms. The molecule has 1 aromatic rings. The van der Waals surface area contributed by atoms with Crippen LogP contribution in [0.5, 0.6) is 0 Å². The Bertz CT molecular complexity index is 339. The lowest BCUT2D eigenvalue weighted by Crippen LogP contribution is -1.95. The molecule has 0 radical (unpaired) electrons. The van der Waals surface area contributed by atoms with Crippen LogP contribution in [0.25, 0.3) is 6.08 Å². The summed E-state index contributed by atoms with van der Waals surface area (Å²) in [7, 11) is 0. The molecule has 0 aromatic carbocycles. The van der Waals surface area contributed by atoms with Crippen molar-refractivity contribution in [2.24, 2.45) is 0 Å². The van der Waals surface area contributed by atoms with Crippen LogP contribution in [-0.4, -0.2) is 20.9 Å². The SMILES string of the molecule is CCn1cc(/C=C(/C)C(=O)O)cn1. The van der Waals surface area contributed by atoms with Gasteiger partial charge < -0.3 is 5.11 Å². The second kappa shape index (κ2) is 3.89. The van der Waals surface area contributed by atoms with Crippen molar-refractivity contribution in [2.75, 3.05) is 0 Å². The molecule has 0 amide bonds. The van der Waals surface area contributed by atoms with Crippen molar-refractivity contribution in [3.63, 3.8) is 0 Å². The molecule has 0 bridgehead atoms. The van der Waals surface area contributed by atoms with Crippen LogP contribution in [0.15, 0.2) is 18.0 Å². The van der Waals surface area contributed by atoms with Crippen LogP contribution in [0, 0.1) is 0 Å². The zero-order valence-electron chi connectivity index (χ0n) is 7.69. The molecule has 70 valence electrons. The normalized spacial score (nSPS) is 11.7. The smallest absolute Gasteiger partial charge is 0.331 e. The molecule has 0 atom stereocenters. The van der Waals surface area contributed by atoms with Gasteiger partial charge in [0, 0.05) is 23.9 Å². The van der Waals surface area contributed by atoms with E-state index in [0.29, 0.717) is 5.57 Å². The highest BCUT2D eigenvalue weighted by molar-refractivity contribution is 5.91. The average molecular weight is 180 g/mol. The maximum Gasteiger partial charge on any atom is 0.331 e. The first-order chi connectivity index (χ1) is 6.13. The number of carboxylic acids is 1. The van der Waals surface area contributed by atoms with Gasteiger partial charge in [0.05, 0.1) is 6.20 Å². The third-order valence-electron chi connectivity index (χ3n) is 1.70. The Labute approximate surface area is 76.5 Å². The minimum Gasteiger partial charge on any atom is -0.478 e. The van der Waals surface area contributed by atoms with Crippen molar-refractivity contribution in [2.45, 2.75) is 20.4 Å². The largest absolute Gasteiger partial charge is 0.478 e. The number of hydrogen-bond donors (Lipinski definition) is 1. The number of nitrogens with zero attached hydrogens (tertiary/aromatic N) is 2. The minimum atomic E-state index is -0.899. The van der Waals surface area contributed by atoms with E-state index in [-0.39, 0.29) is 0 Å². The van der Waals surface area contributed by atoms with Gasteiger partial charge >= 0.3 is 5.97 Å². The van der Waals surface area contributed by atoms with Gasteiger partial charge in [0.25, 0.3) is 0 Å². The number of aryl methyl sites for hydroxylation is 1. The second-order valence-electron chi connectivity index (χ2n) is 2.76. The summed E-state index contributed by atoms with van der Waals surface area (Å²) in [5.41, 5.74) is 1.14. The van der Waals surface area contributed by atoms with E-state index in [1.54, 1.807) is 23.9 Å². The van der Waals surface area contributed by atoms with Crippen molar-refractivity contribution >= 4 is 12.0 Å². The molecule has 0 fully saturated rings. The summed E-state index contributed by atoms with van der Waals surface area (Å²) in [6.45, 7) is 4.33. The van der Waals surface area contributed by atoms with Gasteiger partial charge in [-0.1, -0.05) is 0 Å². The van der Waals surface area contributed by atoms with E-state index in [1.165, 1.54) is 0 Å². The van der Waals surface area contributed by atoms with Gasteiger partial charge in [-0.15, -0.1) is 0 Å². The molecule has 0 aliphatic carbocycles. The predicted octanol–water partition coefficient (Wildman–Crippen LogP) is 1.39. The van der Waals surface area contributed by atoms with Gasteiger partial charge in [-0.05, 0) is 19.9 Å². The highest BCUT2D eigenvalue weighted by atomic mass is 16.4. The standard InChI is InChI=1S/C9H12N2O2/c1-3-11-6-8(5-10-11)4-7(2)9(12)13/h4-6H,3H2,1-2H3,(H,12,13)/b7-4-. The Balaban J connectivity index is 2.84. The zero-order valence-corrected chi connectivity index (χ0v) is 7.69. The Hall–Kier alpha value is -1.58. The molecule has 0 spiro atoms. The first kappa shape index (κ1) is 9.51. The van der Waals surface area contributed by atoms with E-state index in [2.05, 4.69) is 5.10 Å². The topological polar surface area (TPSA) is 55.1 Å². The Kier molecular flexibility index (Phi) is 2.84. The van der Waals surface area contributed by atoms with Crippen molar-refractivity contribution in [1.82, 2.24) is 9.78 Å². The number of hydrogen-bond acceptors (Lipinski definition) is 2. The van der Waals surface area contributed by atoms with Crippen molar-refractivity contribution in [3.8, 4) is 0 Å². The summed E-state index contributed by atoms with van der Waals surface area (Å²) in [4.78, 5) is 10.5. The maximum atomic E-state index is 10.5. The van der Waals surface area contributed by atoms with Crippen LogP contribution in [-0.2, 0) is 11.3 Å². The van der Waals surface area contributed by atoms with Crippen LogP contribution in [0.2, 0.25) is 0 Å². The van der Waals surface area contributed by atoms with Crippen LogP contribution in [0.4, 0.5) is 0 Å². The predicted molar refractivity (Wildman–Crippen MR) is 49.2 cm³/mol. The fourth-order valence-corrected chi connectivity index (χ4v) is 0.939. The van der Waals surface area contributed by atoms with Gasteiger partial charge in [-0.25, -0.2) is 4.79 Å². The van der Waals surface area contributed by atoms with E-state index in [4.69, 9.17) is 5.11 Å². The van der Waals surface area contributed by atoms with Crippen LogP contribution in [0.3, 0.4) is 0 Å². The lowest BCUT2D eigenvalue weighted by molar-refractivity contribution is -0.132. The summed E-state index contributed by atoms with van der Waals surface area (Å²) in [5.74, 6) is -0.899.